The normalized spacial score (nSPS) is 10.7. The first-order valence-corrected chi connectivity index (χ1v) is 5.34. The fourth-order valence-corrected chi connectivity index (χ4v) is 1.65. The molecule has 0 amide bonds. The number of hydrogen-bond donors (Lipinski definition) is 1. The van der Waals surface area contributed by atoms with Gasteiger partial charge in [0.2, 0.25) is 5.82 Å². The van der Waals surface area contributed by atoms with Crippen molar-refractivity contribution in [3.05, 3.63) is 36.4 Å². The highest BCUT2D eigenvalue weighted by molar-refractivity contribution is 5.62. The van der Waals surface area contributed by atoms with Crippen LogP contribution in [0.5, 0.6) is 0 Å². The molecule has 0 saturated heterocycles. The summed E-state index contributed by atoms with van der Waals surface area (Å²) >= 11 is 0. The molecule has 3 rings (SSSR count). The minimum atomic E-state index is 0.403. The van der Waals surface area contributed by atoms with E-state index in [0.717, 1.165) is 16.9 Å². The van der Waals surface area contributed by atoms with E-state index in [1.165, 1.54) is 0 Å². The number of nitrogen functional groups attached to an aromatic ring is 1. The molecule has 6 heteroatoms. The number of aromatic nitrogens is 3. The predicted octanol–water partition coefficient (Wildman–Crippen LogP) is 2.28. The first-order valence-electron chi connectivity index (χ1n) is 5.34. The van der Waals surface area contributed by atoms with Crippen molar-refractivity contribution in [3.63, 3.8) is 0 Å². The second kappa shape index (κ2) is 3.99. The molecule has 0 aliphatic rings. The van der Waals surface area contributed by atoms with Gasteiger partial charge in [-0.25, -0.2) is 4.98 Å². The van der Waals surface area contributed by atoms with Crippen molar-refractivity contribution in [2.24, 2.45) is 0 Å². The highest BCUT2D eigenvalue weighted by Gasteiger charge is 2.14. The van der Waals surface area contributed by atoms with Gasteiger partial charge in [0.25, 0.3) is 5.89 Å². The maximum absolute atomic E-state index is 5.61. The summed E-state index contributed by atoms with van der Waals surface area (Å²) in [6.45, 7) is 1.84. The van der Waals surface area contributed by atoms with Crippen molar-refractivity contribution in [2.45, 2.75) is 6.92 Å². The lowest BCUT2D eigenvalue weighted by Crippen LogP contribution is -1.89. The summed E-state index contributed by atoms with van der Waals surface area (Å²) < 4.78 is 10.4. The Balaban J connectivity index is 2.02. The van der Waals surface area contributed by atoms with Crippen molar-refractivity contribution in [3.8, 4) is 22.8 Å². The number of pyridine rings is 1. The standard InChI is InChI=1S/C12H10N4O2/c1-7-9(3-5-17-7)11-15-12(18-16-11)8-2-4-14-10(13)6-8/h2-6H,1H3,(H2,13,14). The summed E-state index contributed by atoms with van der Waals surface area (Å²) in [5.41, 5.74) is 7.16. The topological polar surface area (TPSA) is 91.0 Å². The molecular formula is C12H10N4O2. The van der Waals surface area contributed by atoms with Crippen LogP contribution in [0.3, 0.4) is 0 Å². The Kier molecular flexibility index (Phi) is 2.33. The molecule has 90 valence electrons. The van der Waals surface area contributed by atoms with Crippen LogP contribution in [0, 0.1) is 6.92 Å². The van der Waals surface area contributed by atoms with E-state index >= 15 is 0 Å². The van der Waals surface area contributed by atoms with Gasteiger partial charge in [0, 0.05) is 11.8 Å². The molecule has 0 unspecified atom stereocenters. The van der Waals surface area contributed by atoms with Gasteiger partial charge in [0.15, 0.2) is 0 Å². The molecule has 6 nitrogen and oxygen atoms in total. The lowest BCUT2D eigenvalue weighted by atomic mass is 10.2. The van der Waals surface area contributed by atoms with Crippen LogP contribution >= 0.6 is 0 Å². The average molecular weight is 242 g/mol. The lowest BCUT2D eigenvalue weighted by molar-refractivity contribution is 0.432. The summed E-state index contributed by atoms with van der Waals surface area (Å²) in [5.74, 6) is 2.05. The summed E-state index contributed by atoms with van der Waals surface area (Å²) in [5, 5.41) is 3.92. The van der Waals surface area contributed by atoms with Crippen LogP contribution in [0.4, 0.5) is 5.82 Å². The Morgan fingerprint density at radius 2 is 2.17 bits per heavy atom. The molecule has 0 radical (unpaired) electrons. The van der Waals surface area contributed by atoms with Crippen molar-refractivity contribution in [1.82, 2.24) is 15.1 Å². The number of nitrogens with two attached hydrogens (primary N) is 1. The fraction of sp³-hybridized carbons (Fsp3) is 0.0833. The highest BCUT2D eigenvalue weighted by Crippen LogP contribution is 2.25. The number of furan rings is 1. The van der Waals surface area contributed by atoms with Crippen molar-refractivity contribution in [2.75, 3.05) is 5.73 Å². The molecule has 0 bridgehead atoms. The van der Waals surface area contributed by atoms with E-state index in [-0.39, 0.29) is 0 Å². The van der Waals surface area contributed by atoms with E-state index in [2.05, 4.69) is 15.1 Å². The van der Waals surface area contributed by atoms with E-state index in [0.29, 0.717) is 17.5 Å². The average Bonchev–Trinajstić information content (AvgIpc) is 2.97. The lowest BCUT2D eigenvalue weighted by Gasteiger charge is -1.94. The molecule has 2 N–H and O–H groups in total. The summed E-state index contributed by atoms with van der Waals surface area (Å²) in [6, 6.07) is 5.24. The first-order chi connectivity index (χ1) is 8.74. The van der Waals surface area contributed by atoms with Crippen LogP contribution < -0.4 is 5.73 Å². The number of nitrogens with zero attached hydrogens (tertiary/aromatic N) is 3. The van der Waals surface area contributed by atoms with Gasteiger partial charge in [0.05, 0.1) is 11.8 Å². The highest BCUT2D eigenvalue weighted by atomic mass is 16.5. The van der Waals surface area contributed by atoms with Crippen molar-refractivity contribution in [1.29, 1.82) is 0 Å². The third-order valence-electron chi connectivity index (χ3n) is 2.55. The third kappa shape index (κ3) is 1.73. The molecule has 0 aliphatic heterocycles. The molecule has 0 saturated carbocycles. The van der Waals surface area contributed by atoms with E-state index in [9.17, 15) is 0 Å². The van der Waals surface area contributed by atoms with Gasteiger partial charge in [-0.3, -0.25) is 0 Å². The molecule has 3 heterocycles. The monoisotopic (exact) mass is 242 g/mol. The van der Waals surface area contributed by atoms with Gasteiger partial charge in [-0.15, -0.1) is 0 Å². The summed E-state index contributed by atoms with van der Waals surface area (Å²) in [4.78, 5) is 8.21. The van der Waals surface area contributed by atoms with Gasteiger partial charge >= 0.3 is 0 Å². The predicted molar refractivity (Wildman–Crippen MR) is 64.4 cm³/mol. The minimum Gasteiger partial charge on any atom is -0.469 e. The number of anilines is 1. The molecule has 0 spiro atoms. The fourth-order valence-electron chi connectivity index (χ4n) is 1.65. The Labute approximate surface area is 102 Å². The van der Waals surface area contributed by atoms with Crippen LogP contribution in [0.25, 0.3) is 22.8 Å². The van der Waals surface area contributed by atoms with Crippen molar-refractivity contribution < 1.29 is 8.94 Å². The van der Waals surface area contributed by atoms with Crippen LogP contribution in [0.15, 0.2) is 39.6 Å². The summed E-state index contributed by atoms with van der Waals surface area (Å²) in [7, 11) is 0. The maximum Gasteiger partial charge on any atom is 0.258 e. The number of aryl methyl sites for hydroxylation is 1. The van der Waals surface area contributed by atoms with Gasteiger partial charge in [-0.05, 0) is 25.1 Å². The van der Waals surface area contributed by atoms with Gasteiger partial charge in [-0.2, -0.15) is 4.98 Å². The van der Waals surface area contributed by atoms with Crippen LogP contribution in [0.2, 0.25) is 0 Å². The Morgan fingerprint density at radius 1 is 1.28 bits per heavy atom. The second-order valence-electron chi connectivity index (χ2n) is 3.78. The van der Waals surface area contributed by atoms with Crippen LogP contribution in [-0.4, -0.2) is 15.1 Å². The smallest absolute Gasteiger partial charge is 0.258 e. The second-order valence-corrected chi connectivity index (χ2v) is 3.78. The molecule has 0 atom stereocenters. The SMILES string of the molecule is Cc1occc1-c1noc(-c2ccnc(N)c2)n1. The molecule has 0 aromatic carbocycles. The van der Waals surface area contributed by atoms with E-state index in [1.54, 1.807) is 30.7 Å². The quantitative estimate of drug-likeness (QED) is 0.741. The largest absolute Gasteiger partial charge is 0.469 e. The van der Waals surface area contributed by atoms with Crippen molar-refractivity contribution >= 4 is 5.82 Å². The minimum absolute atomic E-state index is 0.403. The maximum atomic E-state index is 5.61. The zero-order chi connectivity index (χ0) is 12.5. The Morgan fingerprint density at radius 3 is 2.89 bits per heavy atom. The van der Waals surface area contributed by atoms with Crippen LogP contribution in [-0.2, 0) is 0 Å². The van der Waals surface area contributed by atoms with E-state index < -0.39 is 0 Å². The molecule has 0 aliphatic carbocycles. The molecule has 3 aromatic heterocycles. The van der Waals surface area contributed by atoms with E-state index in [4.69, 9.17) is 14.7 Å². The van der Waals surface area contributed by atoms with E-state index in [1.807, 2.05) is 6.92 Å². The van der Waals surface area contributed by atoms with Gasteiger partial charge < -0.3 is 14.7 Å². The molecule has 18 heavy (non-hydrogen) atoms. The van der Waals surface area contributed by atoms with Gasteiger partial charge in [0.1, 0.15) is 11.6 Å². The van der Waals surface area contributed by atoms with Crippen LogP contribution in [0.1, 0.15) is 5.76 Å². The first kappa shape index (κ1) is 10.5. The van der Waals surface area contributed by atoms with Gasteiger partial charge in [-0.1, -0.05) is 5.16 Å². The Hall–Kier alpha value is -2.63. The summed E-state index contributed by atoms with van der Waals surface area (Å²) in [6.07, 6.45) is 3.18. The zero-order valence-corrected chi connectivity index (χ0v) is 9.62. The molecular weight excluding hydrogens is 232 g/mol. The number of rotatable bonds is 2. The molecule has 0 fully saturated rings. The molecule has 3 aromatic rings. The zero-order valence-electron chi connectivity index (χ0n) is 9.62. The Bertz CT molecular complexity index is 687. The third-order valence-corrected chi connectivity index (χ3v) is 2.55. The number of hydrogen-bond acceptors (Lipinski definition) is 6.